The lowest BCUT2D eigenvalue weighted by Gasteiger charge is -2.26. The van der Waals surface area contributed by atoms with E-state index in [1.807, 2.05) is 18.2 Å². The maximum atomic E-state index is 12.6. The number of ether oxygens (including phenoxy) is 1. The van der Waals surface area contributed by atoms with Gasteiger partial charge in [0, 0.05) is 42.2 Å². The van der Waals surface area contributed by atoms with Crippen LogP contribution in [0.1, 0.15) is 21.7 Å². The maximum Gasteiger partial charge on any atom is 0.274 e. The SMILES string of the molecule is COc1cccc2c3c([nH]c12)CCN(C(=O)c1ccc(=O)[nH]n1)C3. The van der Waals surface area contributed by atoms with Gasteiger partial charge in [0.25, 0.3) is 11.5 Å². The molecule has 0 saturated heterocycles. The number of carbonyl (C=O) groups excluding carboxylic acids is 1. The number of nitrogens with one attached hydrogen (secondary N) is 2. The number of hydrogen-bond acceptors (Lipinski definition) is 4. The summed E-state index contributed by atoms with van der Waals surface area (Å²) in [5.41, 5.74) is 3.12. The molecule has 1 aromatic carbocycles. The van der Waals surface area contributed by atoms with Crippen LogP contribution in [0.3, 0.4) is 0 Å². The Labute approximate surface area is 137 Å². The van der Waals surface area contributed by atoms with Gasteiger partial charge in [0.15, 0.2) is 0 Å². The van der Waals surface area contributed by atoms with Crippen LogP contribution in [0.25, 0.3) is 10.9 Å². The van der Waals surface area contributed by atoms with Crippen LogP contribution in [0.4, 0.5) is 0 Å². The predicted molar refractivity (Wildman–Crippen MR) is 88.2 cm³/mol. The third-order valence-electron chi connectivity index (χ3n) is 4.38. The van der Waals surface area contributed by atoms with Gasteiger partial charge in [-0.2, -0.15) is 5.10 Å². The summed E-state index contributed by atoms with van der Waals surface area (Å²) in [4.78, 5) is 28.9. The zero-order valence-electron chi connectivity index (χ0n) is 13.1. The lowest BCUT2D eigenvalue weighted by atomic mass is 10.0. The summed E-state index contributed by atoms with van der Waals surface area (Å²) >= 11 is 0. The van der Waals surface area contributed by atoms with Crippen molar-refractivity contribution < 1.29 is 9.53 Å². The second kappa shape index (κ2) is 5.52. The zero-order valence-corrected chi connectivity index (χ0v) is 13.1. The van der Waals surface area contributed by atoms with Gasteiger partial charge in [-0.1, -0.05) is 12.1 Å². The van der Waals surface area contributed by atoms with Gasteiger partial charge in [0.05, 0.1) is 12.6 Å². The van der Waals surface area contributed by atoms with Crippen molar-refractivity contribution in [3.05, 3.63) is 57.6 Å². The number of hydrogen-bond donors (Lipinski definition) is 2. The second-order valence-electron chi connectivity index (χ2n) is 5.75. The monoisotopic (exact) mass is 324 g/mol. The van der Waals surface area contributed by atoms with E-state index in [-0.39, 0.29) is 17.2 Å². The average molecular weight is 324 g/mol. The van der Waals surface area contributed by atoms with Crippen LogP contribution in [-0.4, -0.2) is 39.6 Å². The number of nitrogens with zero attached hydrogens (tertiary/aromatic N) is 2. The number of amides is 1. The summed E-state index contributed by atoms with van der Waals surface area (Å²) < 4.78 is 5.40. The van der Waals surface area contributed by atoms with Crippen molar-refractivity contribution in [2.24, 2.45) is 0 Å². The minimum atomic E-state index is -0.323. The van der Waals surface area contributed by atoms with Crippen molar-refractivity contribution in [2.45, 2.75) is 13.0 Å². The highest BCUT2D eigenvalue weighted by molar-refractivity contribution is 5.94. The zero-order chi connectivity index (χ0) is 16.7. The molecule has 3 aromatic rings. The first-order valence-electron chi connectivity index (χ1n) is 7.69. The molecule has 1 amide bonds. The molecule has 4 rings (SSSR count). The number of benzene rings is 1. The topological polar surface area (TPSA) is 91.1 Å². The van der Waals surface area contributed by atoms with Crippen LogP contribution in [0.15, 0.2) is 35.1 Å². The second-order valence-corrected chi connectivity index (χ2v) is 5.75. The number of fused-ring (bicyclic) bond motifs is 3. The molecular formula is C17H16N4O3. The largest absolute Gasteiger partial charge is 0.495 e. The molecule has 0 radical (unpaired) electrons. The van der Waals surface area contributed by atoms with Crippen LogP contribution in [0.2, 0.25) is 0 Å². The quantitative estimate of drug-likeness (QED) is 0.746. The average Bonchev–Trinajstić information content (AvgIpc) is 2.99. The minimum Gasteiger partial charge on any atom is -0.495 e. The summed E-state index contributed by atoms with van der Waals surface area (Å²) in [7, 11) is 1.65. The van der Waals surface area contributed by atoms with Gasteiger partial charge in [0.2, 0.25) is 0 Å². The molecular weight excluding hydrogens is 308 g/mol. The third-order valence-corrected chi connectivity index (χ3v) is 4.38. The summed E-state index contributed by atoms with van der Waals surface area (Å²) in [5, 5.41) is 7.20. The highest BCUT2D eigenvalue weighted by Gasteiger charge is 2.26. The van der Waals surface area contributed by atoms with Crippen molar-refractivity contribution >= 4 is 16.8 Å². The van der Waals surface area contributed by atoms with Crippen molar-refractivity contribution in [3.8, 4) is 5.75 Å². The number of H-pyrrole nitrogens is 2. The number of para-hydroxylation sites is 1. The van der Waals surface area contributed by atoms with Crippen molar-refractivity contribution in [2.75, 3.05) is 13.7 Å². The fourth-order valence-corrected chi connectivity index (χ4v) is 3.18. The van der Waals surface area contributed by atoms with Gasteiger partial charge in [-0.3, -0.25) is 9.59 Å². The summed E-state index contributed by atoms with van der Waals surface area (Å²) in [6.07, 6.45) is 0.738. The summed E-state index contributed by atoms with van der Waals surface area (Å²) in [6.45, 7) is 1.10. The molecule has 3 heterocycles. The van der Waals surface area contributed by atoms with E-state index >= 15 is 0 Å². The Hall–Kier alpha value is -3.09. The van der Waals surface area contributed by atoms with Crippen molar-refractivity contribution in [1.29, 1.82) is 0 Å². The molecule has 0 atom stereocenters. The molecule has 0 unspecified atom stereocenters. The van der Waals surface area contributed by atoms with Crippen molar-refractivity contribution in [1.82, 2.24) is 20.1 Å². The minimum absolute atomic E-state index is 0.186. The maximum absolute atomic E-state index is 12.6. The van der Waals surface area contributed by atoms with E-state index in [4.69, 9.17) is 4.74 Å². The van der Waals surface area contributed by atoms with E-state index in [9.17, 15) is 9.59 Å². The van der Waals surface area contributed by atoms with Gasteiger partial charge in [-0.25, -0.2) is 5.10 Å². The smallest absolute Gasteiger partial charge is 0.274 e. The number of rotatable bonds is 2. The Morgan fingerprint density at radius 2 is 2.17 bits per heavy atom. The third kappa shape index (κ3) is 2.25. The predicted octanol–water partition coefficient (Wildman–Crippen LogP) is 1.46. The van der Waals surface area contributed by atoms with E-state index in [1.54, 1.807) is 12.0 Å². The number of aromatic nitrogens is 3. The first kappa shape index (κ1) is 14.5. The Bertz CT molecular complexity index is 969. The molecule has 0 saturated carbocycles. The van der Waals surface area contributed by atoms with Crippen LogP contribution < -0.4 is 10.3 Å². The molecule has 2 N–H and O–H groups in total. The van der Waals surface area contributed by atoms with E-state index < -0.39 is 0 Å². The van der Waals surface area contributed by atoms with E-state index in [1.165, 1.54) is 12.1 Å². The molecule has 1 aliphatic rings. The highest BCUT2D eigenvalue weighted by atomic mass is 16.5. The number of methoxy groups -OCH3 is 1. The molecule has 24 heavy (non-hydrogen) atoms. The lowest BCUT2D eigenvalue weighted by molar-refractivity contribution is 0.0728. The fraction of sp³-hybridized carbons (Fsp3) is 0.235. The molecule has 0 spiro atoms. The number of aromatic amines is 2. The molecule has 7 heteroatoms. The molecule has 0 fully saturated rings. The van der Waals surface area contributed by atoms with Crippen LogP contribution >= 0.6 is 0 Å². The molecule has 122 valence electrons. The summed E-state index contributed by atoms with van der Waals surface area (Å²) in [5.74, 6) is 0.608. The Morgan fingerprint density at radius 1 is 1.29 bits per heavy atom. The van der Waals surface area contributed by atoms with Crippen LogP contribution in [0.5, 0.6) is 5.75 Å². The van der Waals surface area contributed by atoms with Gasteiger partial charge in [0.1, 0.15) is 11.4 Å². The molecule has 1 aliphatic heterocycles. The van der Waals surface area contributed by atoms with E-state index in [0.717, 1.165) is 34.3 Å². The van der Waals surface area contributed by atoms with Crippen LogP contribution in [-0.2, 0) is 13.0 Å². The van der Waals surface area contributed by atoms with Gasteiger partial charge < -0.3 is 14.6 Å². The standard InChI is InChI=1S/C17H16N4O3/c1-24-14-4-2-3-10-11-9-21(8-7-12(11)18-16(10)14)17(23)13-5-6-15(22)20-19-13/h2-6,18H,7-9H2,1H3,(H,20,22). The first-order valence-corrected chi connectivity index (χ1v) is 7.69. The van der Waals surface area contributed by atoms with E-state index in [2.05, 4.69) is 15.2 Å². The first-order chi connectivity index (χ1) is 11.7. The molecule has 0 bridgehead atoms. The summed E-state index contributed by atoms with van der Waals surface area (Å²) in [6, 6.07) is 8.65. The molecule has 0 aliphatic carbocycles. The highest BCUT2D eigenvalue weighted by Crippen LogP contribution is 2.33. The van der Waals surface area contributed by atoms with Crippen LogP contribution in [0, 0.1) is 0 Å². The van der Waals surface area contributed by atoms with Gasteiger partial charge in [-0.05, 0) is 12.1 Å². The molecule has 7 nitrogen and oxygen atoms in total. The Kier molecular flexibility index (Phi) is 3.34. The molecule has 2 aromatic heterocycles. The lowest BCUT2D eigenvalue weighted by Crippen LogP contribution is -2.36. The Morgan fingerprint density at radius 3 is 2.92 bits per heavy atom. The van der Waals surface area contributed by atoms with Gasteiger partial charge >= 0.3 is 0 Å². The normalized spacial score (nSPS) is 13.8. The number of carbonyl (C=O) groups is 1. The van der Waals surface area contributed by atoms with Crippen molar-refractivity contribution in [3.63, 3.8) is 0 Å². The Balaban J connectivity index is 1.69. The van der Waals surface area contributed by atoms with Gasteiger partial charge in [-0.15, -0.1) is 0 Å². The van der Waals surface area contributed by atoms with E-state index in [0.29, 0.717) is 13.1 Å². The fourth-order valence-electron chi connectivity index (χ4n) is 3.18.